The molecule has 2 aromatic carbocycles. The maximum absolute atomic E-state index is 13.4. The molecule has 7 heteroatoms. The van der Waals surface area contributed by atoms with Crippen LogP contribution in [0.5, 0.6) is 5.75 Å². The first-order chi connectivity index (χ1) is 15.5. The van der Waals surface area contributed by atoms with Gasteiger partial charge in [-0.2, -0.15) is 0 Å². The number of ketones is 2. The first-order valence-corrected chi connectivity index (χ1v) is 10.4. The summed E-state index contributed by atoms with van der Waals surface area (Å²) in [5.41, 5.74) is 0.769. The lowest BCUT2D eigenvalue weighted by molar-refractivity contribution is -0.141. The number of likely N-dealkylation sites (tertiary alicyclic amines) is 1. The monoisotopic (exact) mass is 435 g/mol. The van der Waals surface area contributed by atoms with Crippen molar-refractivity contribution in [3.05, 3.63) is 89.6 Å². The van der Waals surface area contributed by atoms with Crippen LogP contribution in [0, 0.1) is 11.7 Å². The summed E-state index contributed by atoms with van der Waals surface area (Å²) in [7, 11) is 0. The summed E-state index contributed by atoms with van der Waals surface area (Å²) in [5.74, 6) is -2.76. The zero-order chi connectivity index (χ0) is 22.7. The standard InChI is InChI=1S/C25H22FNO5/c1-2-12-31-19-6-3-5-17(14-19)22-21(23(28)16-8-10-18(26)11-9-16)24(29)25(30)27(22)15-20-7-4-13-32-20/h3-11,13-14,21-22H,2,12,15H2,1H3. The van der Waals surface area contributed by atoms with E-state index in [4.69, 9.17) is 9.15 Å². The second-order valence-electron chi connectivity index (χ2n) is 7.59. The van der Waals surface area contributed by atoms with Crippen LogP contribution in [0.1, 0.15) is 41.1 Å². The highest BCUT2D eigenvalue weighted by atomic mass is 19.1. The van der Waals surface area contributed by atoms with Crippen molar-refractivity contribution in [1.82, 2.24) is 4.90 Å². The van der Waals surface area contributed by atoms with E-state index in [1.165, 1.54) is 23.3 Å². The molecule has 0 bridgehead atoms. The van der Waals surface area contributed by atoms with Crippen LogP contribution in [0.25, 0.3) is 0 Å². The van der Waals surface area contributed by atoms with Crippen molar-refractivity contribution in [3.63, 3.8) is 0 Å². The summed E-state index contributed by atoms with van der Waals surface area (Å²) < 4.78 is 24.5. The van der Waals surface area contributed by atoms with Gasteiger partial charge in [-0.05, 0) is 60.5 Å². The van der Waals surface area contributed by atoms with E-state index in [1.807, 2.05) is 6.92 Å². The molecule has 6 nitrogen and oxygen atoms in total. The molecular formula is C25H22FNO5. The Labute approximate surface area is 184 Å². The normalized spacial score (nSPS) is 18.2. The predicted molar refractivity (Wildman–Crippen MR) is 113 cm³/mol. The molecule has 2 atom stereocenters. The molecule has 1 aliphatic heterocycles. The zero-order valence-electron chi connectivity index (χ0n) is 17.5. The third-order valence-corrected chi connectivity index (χ3v) is 5.40. The van der Waals surface area contributed by atoms with Gasteiger partial charge in [0, 0.05) is 5.56 Å². The lowest BCUT2D eigenvalue weighted by Gasteiger charge is -2.27. The first kappa shape index (κ1) is 21.5. The Kier molecular flexibility index (Phi) is 6.16. The zero-order valence-corrected chi connectivity index (χ0v) is 17.5. The molecule has 0 aliphatic carbocycles. The van der Waals surface area contributed by atoms with E-state index in [2.05, 4.69) is 0 Å². The van der Waals surface area contributed by atoms with Gasteiger partial charge in [0.1, 0.15) is 23.2 Å². The highest BCUT2D eigenvalue weighted by Crippen LogP contribution is 2.40. The average molecular weight is 435 g/mol. The van der Waals surface area contributed by atoms with Crippen molar-refractivity contribution >= 4 is 17.5 Å². The van der Waals surface area contributed by atoms with Crippen LogP contribution in [0.2, 0.25) is 0 Å². The fourth-order valence-electron chi connectivity index (χ4n) is 3.90. The third-order valence-electron chi connectivity index (χ3n) is 5.40. The molecule has 1 fully saturated rings. The van der Waals surface area contributed by atoms with E-state index in [0.717, 1.165) is 18.6 Å². The van der Waals surface area contributed by atoms with Crippen molar-refractivity contribution in [2.45, 2.75) is 25.9 Å². The van der Waals surface area contributed by atoms with E-state index < -0.39 is 35.3 Å². The topological polar surface area (TPSA) is 76.8 Å². The molecule has 0 N–H and O–H groups in total. The van der Waals surface area contributed by atoms with Crippen LogP contribution in [0.15, 0.2) is 71.3 Å². The molecule has 4 rings (SSSR count). The smallest absolute Gasteiger partial charge is 0.291 e. The Hall–Kier alpha value is -3.74. The number of ether oxygens (including phenoxy) is 1. The van der Waals surface area contributed by atoms with Crippen LogP contribution in [-0.2, 0) is 16.1 Å². The molecule has 2 heterocycles. The lowest BCUT2D eigenvalue weighted by Crippen LogP contribution is -2.30. The molecule has 164 valence electrons. The summed E-state index contributed by atoms with van der Waals surface area (Å²) in [6.07, 6.45) is 2.30. The number of Topliss-reactive ketones (excluding diaryl/α,β-unsaturated/α-hetero) is 2. The number of carbonyl (C=O) groups excluding carboxylic acids is 3. The quantitative estimate of drug-likeness (QED) is 0.299. The highest BCUT2D eigenvalue weighted by Gasteiger charge is 2.51. The molecule has 1 saturated heterocycles. The molecule has 0 saturated carbocycles. The number of carbonyl (C=O) groups is 3. The van der Waals surface area contributed by atoms with Crippen LogP contribution in [0.3, 0.4) is 0 Å². The predicted octanol–water partition coefficient (Wildman–Crippen LogP) is 4.36. The molecule has 0 spiro atoms. The SMILES string of the molecule is CCCOc1cccc(C2C(C(=O)c3ccc(F)cc3)C(=O)C(=O)N2Cc2ccco2)c1. The number of nitrogens with zero attached hydrogens (tertiary/aromatic N) is 1. The van der Waals surface area contributed by atoms with Gasteiger partial charge in [0.2, 0.25) is 5.78 Å². The Morgan fingerprint density at radius 2 is 1.88 bits per heavy atom. The summed E-state index contributed by atoms with van der Waals surface area (Å²) in [5, 5.41) is 0. The van der Waals surface area contributed by atoms with Gasteiger partial charge in [-0.25, -0.2) is 4.39 Å². The number of amides is 1. The number of furan rings is 1. The van der Waals surface area contributed by atoms with E-state index >= 15 is 0 Å². The molecule has 32 heavy (non-hydrogen) atoms. The van der Waals surface area contributed by atoms with Crippen molar-refractivity contribution in [2.24, 2.45) is 5.92 Å². The van der Waals surface area contributed by atoms with E-state index in [-0.39, 0.29) is 12.1 Å². The van der Waals surface area contributed by atoms with Gasteiger partial charge in [0.15, 0.2) is 5.78 Å². The van der Waals surface area contributed by atoms with Crippen LogP contribution >= 0.6 is 0 Å². The number of hydrogen-bond acceptors (Lipinski definition) is 5. The minimum absolute atomic E-state index is 0.0372. The highest BCUT2D eigenvalue weighted by molar-refractivity contribution is 6.44. The van der Waals surface area contributed by atoms with E-state index in [9.17, 15) is 18.8 Å². The Balaban J connectivity index is 1.76. The van der Waals surface area contributed by atoms with Gasteiger partial charge >= 0.3 is 0 Å². The molecular weight excluding hydrogens is 413 g/mol. The first-order valence-electron chi connectivity index (χ1n) is 10.4. The Morgan fingerprint density at radius 3 is 2.56 bits per heavy atom. The summed E-state index contributed by atoms with van der Waals surface area (Å²) in [6.45, 7) is 2.54. The molecule has 1 aliphatic rings. The second-order valence-corrected chi connectivity index (χ2v) is 7.59. The number of rotatable bonds is 8. The van der Waals surface area contributed by atoms with Crippen LogP contribution in [0.4, 0.5) is 4.39 Å². The van der Waals surface area contributed by atoms with Gasteiger partial charge in [0.05, 0.1) is 25.5 Å². The minimum Gasteiger partial charge on any atom is -0.494 e. The number of halogens is 1. The second kappa shape index (κ2) is 9.18. The van der Waals surface area contributed by atoms with Gasteiger partial charge in [-0.15, -0.1) is 0 Å². The van der Waals surface area contributed by atoms with Crippen LogP contribution < -0.4 is 4.74 Å². The van der Waals surface area contributed by atoms with E-state index in [0.29, 0.717) is 23.7 Å². The fraction of sp³-hybridized carbons (Fsp3) is 0.240. The van der Waals surface area contributed by atoms with E-state index in [1.54, 1.807) is 36.4 Å². The van der Waals surface area contributed by atoms with Crippen molar-refractivity contribution < 1.29 is 27.9 Å². The average Bonchev–Trinajstić information content (AvgIpc) is 3.40. The molecule has 1 aromatic heterocycles. The van der Waals surface area contributed by atoms with Crippen LogP contribution in [-0.4, -0.2) is 29.0 Å². The van der Waals surface area contributed by atoms with Crippen molar-refractivity contribution in [1.29, 1.82) is 0 Å². The number of benzene rings is 2. The van der Waals surface area contributed by atoms with Gasteiger partial charge in [-0.1, -0.05) is 19.1 Å². The minimum atomic E-state index is -1.26. The molecule has 2 unspecified atom stereocenters. The van der Waals surface area contributed by atoms with Crippen molar-refractivity contribution in [3.8, 4) is 5.75 Å². The summed E-state index contributed by atoms with van der Waals surface area (Å²) in [6, 6.07) is 14.5. The lowest BCUT2D eigenvalue weighted by atomic mass is 9.86. The Morgan fingerprint density at radius 1 is 1.09 bits per heavy atom. The maximum atomic E-state index is 13.4. The molecule has 0 radical (unpaired) electrons. The molecule has 3 aromatic rings. The number of hydrogen-bond donors (Lipinski definition) is 0. The van der Waals surface area contributed by atoms with Gasteiger partial charge < -0.3 is 14.1 Å². The van der Waals surface area contributed by atoms with Gasteiger partial charge in [-0.3, -0.25) is 14.4 Å². The fourth-order valence-corrected chi connectivity index (χ4v) is 3.90. The van der Waals surface area contributed by atoms with Gasteiger partial charge in [0.25, 0.3) is 5.91 Å². The third kappa shape index (κ3) is 4.19. The van der Waals surface area contributed by atoms with Crippen molar-refractivity contribution in [2.75, 3.05) is 6.61 Å². The molecule has 1 amide bonds. The maximum Gasteiger partial charge on any atom is 0.291 e. The largest absolute Gasteiger partial charge is 0.494 e. The summed E-state index contributed by atoms with van der Waals surface area (Å²) in [4.78, 5) is 40.7. The Bertz CT molecular complexity index is 1120. The summed E-state index contributed by atoms with van der Waals surface area (Å²) >= 11 is 0.